The van der Waals surface area contributed by atoms with Gasteiger partial charge in [0, 0.05) is 24.8 Å². The summed E-state index contributed by atoms with van der Waals surface area (Å²) in [6, 6.07) is 0. The maximum atomic E-state index is 11.8. The Balaban J connectivity index is 2.16. The Kier molecular flexibility index (Phi) is 8.46. The van der Waals surface area contributed by atoms with Crippen LogP contribution in [0.15, 0.2) is 5.38 Å². The highest BCUT2D eigenvalue weighted by Gasteiger charge is 2.10. The van der Waals surface area contributed by atoms with Gasteiger partial charge in [0.1, 0.15) is 0 Å². The first-order valence-electron chi connectivity index (χ1n) is 7.53. The van der Waals surface area contributed by atoms with Crippen LogP contribution >= 0.6 is 11.3 Å². The smallest absolute Gasteiger partial charge is 0.220 e. The molecule has 0 bridgehead atoms. The molecule has 1 unspecified atom stereocenters. The zero-order valence-corrected chi connectivity index (χ0v) is 13.5. The molecule has 1 amide bonds. The summed E-state index contributed by atoms with van der Waals surface area (Å²) in [5, 5.41) is 6.11. The van der Waals surface area contributed by atoms with Gasteiger partial charge in [-0.3, -0.25) is 4.79 Å². The second kappa shape index (κ2) is 9.88. The number of thiazole rings is 1. The lowest BCUT2D eigenvalue weighted by atomic mass is 9.94. The average Bonchev–Trinajstić information content (AvgIpc) is 2.82. The maximum Gasteiger partial charge on any atom is 0.220 e. The van der Waals surface area contributed by atoms with E-state index in [1.165, 1.54) is 6.42 Å². The SMILES string of the molecule is CCCC(CCN)CCC(=O)NCCc1csc(C)n1. The van der Waals surface area contributed by atoms with E-state index in [-0.39, 0.29) is 5.91 Å². The van der Waals surface area contributed by atoms with Crippen LogP contribution in [0.4, 0.5) is 0 Å². The molecule has 0 fully saturated rings. The minimum atomic E-state index is 0.148. The van der Waals surface area contributed by atoms with E-state index in [1.54, 1.807) is 11.3 Å². The number of nitrogens with zero attached hydrogens (tertiary/aromatic N) is 1. The molecule has 3 N–H and O–H groups in total. The lowest BCUT2D eigenvalue weighted by Crippen LogP contribution is -2.26. The van der Waals surface area contributed by atoms with Gasteiger partial charge in [-0.2, -0.15) is 0 Å². The predicted molar refractivity (Wildman–Crippen MR) is 84.9 cm³/mol. The number of aromatic nitrogens is 1. The molecule has 1 aromatic heterocycles. The van der Waals surface area contributed by atoms with Crippen molar-refractivity contribution in [2.24, 2.45) is 11.7 Å². The molecule has 1 atom stereocenters. The lowest BCUT2D eigenvalue weighted by molar-refractivity contribution is -0.121. The second-order valence-corrected chi connectivity index (χ2v) is 6.29. The van der Waals surface area contributed by atoms with Crippen molar-refractivity contribution in [2.45, 2.75) is 52.4 Å². The standard InChI is InChI=1S/C15H27N3OS/c1-3-4-13(7-9-16)5-6-15(19)17-10-8-14-11-20-12(2)18-14/h11,13H,3-10,16H2,1-2H3,(H,17,19). The number of hydrogen-bond acceptors (Lipinski definition) is 4. The van der Waals surface area contributed by atoms with Crippen LogP contribution in [0.5, 0.6) is 0 Å². The number of rotatable bonds is 10. The monoisotopic (exact) mass is 297 g/mol. The molecule has 0 radical (unpaired) electrons. The topological polar surface area (TPSA) is 68.0 Å². The van der Waals surface area contributed by atoms with Gasteiger partial charge in [-0.1, -0.05) is 19.8 Å². The number of aryl methyl sites for hydroxylation is 1. The molecular weight excluding hydrogens is 270 g/mol. The Morgan fingerprint density at radius 2 is 2.25 bits per heavy atom. The molecule has 0 spiro atoms. The van der Waals surface area contributed by atoms with Crippen molar-refractivity contribution in [1.82, 2.24) is 10.3 Å². The highest BCUT2D eigenvalue weighted by atomic mass is 32.1. The fourth-order valence-electron chi connectivity index (χ4n) is 2.35. The van der Waals surface area contributed by atoms with E-state index in [1.807, 2.05) is 6.92 Å². The molecule has 114 valence electrons. The Bertz CT molecular complexity index is 386. The number of nitrogens with one attached hydrogen (secondary N) is 1. The van der Waals surface area contributed by atoms with Gasteiger partial charge in [0.05, 0.1) is 10.7 Å². The molecule has 5 heteroatoms. The van der Waals surface area contributed by atoms with Crippen molar-refractivity contribution >= 4 is 17.2 Å². The normalized spacial score (nSPS) is 12.3. The zero-order chi connectivity index (χ0) is 14.8. The lowest BCUT2D eigenvalue weighted by Gasteiger charge is -2.14. The van der Waals surface area contributed by atoms with Gasteiger partial charge in [0.25, 0.3) is 0 Å². The maximum absolute atomic E-state index is 11.8. The minimum absolute atomic E-state index is 0.148. The summed E-state index contributed by atoms with van der Waals surface area (Å²) in [5.74, 6) is 0.743. The highest BCUT2D eigenvalue weighted by molar-refractivity contribution is 7.09. The van der Waals surface area contributed by atoms with Gasteiger partial charge in [-0.25, -0.2) is 4.98 Å². The van der Waals surface area contributed by atoms with Gasteiger partial charge in [0.2, 0.25) is 5.91 Å². The Morgan fingerprint density at radius 3 is 2.85 bits per heavy atom. The summed E-state index contributed by atoms with van der Waals surface area (Å²) >= 11 is 1.65. The van der Waals surface area contributed by atoms with Crippen molar-refractivity contribution in [1.29, 1.82) is 0 Å². The van der Waals surface area contributed by atoms with Crippen LogP contribution in [0.2, 0.25) is 0 Å². The number of carbonyl (C=O) groups is 1. The third kappa shape index (κ3) is 7.01. The van der Waals surface area contributed by atoms with E-state index >= 15 is 0 Å². The third-order valence-electron chi connectivity index (χ3n) is 3.42. The van der Waals surface area contributed by atoms with E-state index < -0.39 is 0 Å². The Morgan fingerprint density at radius 1 is 1.45 bits per heavy atom. The molecule has 0 saturated heterocycles. The van der Waals surface area contributed by atoms with Crippen LogP contribution in [0, 0.1) is 12.8 Å². The fourth-order valence-corrected chi connectivity index (χ4v) is 3.00. The van der Waals surface area contributed by atoms with E-state index in [2.05, 4.69) is 22.6 Å². The van der Waals surface area contributed by atoms with Gasteiger partial charge in [0.15, 0.2) is 0 Å². The van der Waals surface area contributed by atoms with Crippen LogP contribution in [0.3, 0.4) is 0 Å². The summed E-state index contributed by atoms with van der Waals surface area (Å²) in [6.07, 6.45) is 5.74. The molecule has 0 aliphatic rings. The van der Waals surface area contributed by atoms with Gasteiger partial charge in [-0.05, 0) is 32.2 Å². The van der Waals surface area contributed by atoms with Crippen molar-refractivity contribution < 1.29 is 4.79 Å². The average molecular weight is 297 g/mol. The van der Waals surface area contributed by atoms with Crippen molar-refractivity contribution in [3.63, 3.8) is 0 Å². The quantitative estimate of drug-likeness (QED) is 0.697. The molecule has 0 aromatic carbocycles. The summed E-state index contributed by atoms with van der Waals surface area (Å²) in [6.45, 7) is 5.57. The van der Waals surface area contributed by atoms with Crippen LogP contribution < -0.4 is 11.1 Å². The van der Waals surface area contributed by atoms with Gasteiger partial charge < -0.3 is 11.1 Å². The number of nitrogens with two attached hydrogens (primary N) is 1. The first-order chi connectivity index (χ1) is 9.65. The van der Waals surface area contributed by atoms with Gasteiger partial charge >= 0.3 is 0 Å². The van der Waals surface area contributed by atoms with Crippen LogP contribution in [-0.2, 0) is 11.2 Å². The third-order valence-corrected chi connectivity index (χ3v) is 4.24. The van der Waals surface area contributed by atoms with Gasteiger partial charge in [-0.15, -0.1) is 11.3 Å². The van der Waals surface area contributed by atoms with Crippen LogP contribution in [-0.4, -0.2) is 24.0 Å². The van der Waals surface area contributed by atoms with Crippen LogP contribution in [0.25, 0.3) is 0 Å². The number of carbonyl (C=O) groups excluding carboxylic acids is 1. The van der Waals surface area contributed by atoms with E-state index in [9.17, 15) is 4.79 Å². The Labute approximate surface area is 126 Å². The molecule has 1 heterocycles. The van der Waals surface area contributed by atoms with Crippen LogP contribution in [0.1, 0.15) is 49.7 Å². The molecular formula is C15H27N3OS. The number of hydrogen-bond donors (Lipinski definition) is 2. The molecule has 1 aromatic rings. The highest BCUT2D eigenvalue weighted by Crippen LogP contribution is 2.16. The molecule has 0 saturated carbocycles. The van der Waals surface area contributed by atoms with E-state index in [0.29, 0.717) is 18.9 Å². The molecule has 20 heavy (non-hydrogen) atoms. The summed E-state index contributed by atoms with van der Waals surface area (Å²) < 4.78 is 0. The molecule has 0 aliphatic carbocycles. The fraction of sp³-hybridized carbons (Fsp3) is 0.733. The van der Waals surface area contributed by atoms with E-state index in [0.717, 1.165) is 42.9 Å². The van der Waals surface area contributed by atoms with E-state index in [4.69, 9.17) is 5.73 Å². The molecule has 1 rings (SSSR count). The summed E-state index contributed by atoms with van der Waals surface area (Å²) in [5.41, 5.74) is 6.68. The first-order valence-corrected chi connectivity index (χ1v) is 8.41. The molecule has 4 nitrogen and oxygen atoms in total. The zero-order valence-electron chi connectivity index (χ0n) is 12.7. The summed E-state index contributed by atoms with van der Waals surface area (Å²) in [4.78, 5) is 16.2. The van der Waals surface area contributed by atoms with Crippen molar-refractivity contribution in [2.75, 3.05) is 13.1 Å². The minimum Gasteiger partial charge on any atom is -0.356 e. The van der Waals surface area contributed by atoms with Crippen molar-refractivity contribution in [3.05, 3.63) is 16.1 Å². The Hall–Kier alpha value is -0.940. The second-order valence-electron chi connectivity index (χ2n) is 5.23. The predicted octanol–water partition coefficient (Wildman–Crippen LogP) is 2.66. The first kappa shape index (κ1) is 17.1. The summed E-state index contributed by atoms with van der Waals surface area (Å²) in [7, 11) is 0. The molecule has 0 aliphatic heterocycles. The van der Waals surface area contributed by atoms with Crippen molar-refractivity contribution in [3.8, 4) is 0 Å². The number of amides is 1. The largest absolute Gasteiger partial charge is 0.356 e.